The average Bonchev–Trinajstić information content (AvgIpc) is 3.05. The summed E-state index contributed by atoms with van der Waals surface area (Å²) in [5.41, 5.74) is -2.59. The van der Waals surface area contributed by atoms with Gasteiger partial charge in [-0.25, -0.2) is 22.0 Å². The van der Waals surface area contributed by atoms with Crippen molar-refractivity contribution in [2.75, 3.05) is 18.1 Å². The van der Waals surface area contributed by atoms with Crippen LogP contribution in [-0.4, -0.2) is 66.5 Å². The number of carbonyl (C=O) groups excluding carboxylic acids is 2. The molecule has 2 heterocycles. The Bertz CT molecular complexity index is 733. The highest BCUT2D eigenvalue weighted by atomic mass is 32.2. The van der Waals surface area contributed by atoms with E-state index in [1.165, 1.54) is 0 Å². The summed E-state index contributed by atoms with van der Waals surface area (Å²) < 4.78 is 57.3. The summed E-state index contributed by atoms with van der Waals surface area (Å²) in [5, 5.41) is 2.39. The molecule has 7 nitrogen and oxygen atoms in total. The maximum Gasteiger partial charge on any atom is 0.408 e. The van der Waals surface area contributed by atoms with Gasteiger partial charge in [0.15, 0.2) is 9.84 Å². The van der Waals surface area contributed by atoms with Crippen LogP contribution < -0.4 is 5.32 Å². The van der Waals surface area contributed by atoms with Crippen LogP contribution in [0.15, 0.2) is 0 Å². The molecule has 2 saturated heterocycles. The van der Waals surface area contributed by atoms with Crippen LogP contribution in [-0.2, 0) is 19.4 Å². The fraction of sp³-hybridized carbons (Fsp3) is 0.875. The van der Waals surface area contributed by atoms with E-state index in [0.717, 1.165) is 4.90 Å². The normalized spacial score (nSPS) is 34.7. The number of carbonyl (C=O) groups is 2. The second kappa shape index (κ2) is 5.77. The van der Waals surface area contributed by atoms with Gasteiger partial charge in [-0.1, -0.05) is 0 Å². The number of ether oxygens (including phenoxy) is 1. The Balaban J connectivity index is 1.85. The third kappa shape index (κ3) is 3.52. The van der Waals surface area contributed by atoms with Crippen molar-refractivity contribution in [2.45, 2.75) is 63.1 Å². The van der Waals surface area contributed by atoms with E-state index in [2.05, 4.69) is 5.32 Å². The first-order valence-corrected chi connectivity index (χ1v) is 10.5. The molecule has 2 amide bonds. The van der Waals surface area contributed by atoms with E-state index >= 15 is 0 Å². The summed E-state index contributed by atoms with van der Waals surface area (Å²) in [6, 6.07) is -1.24. The predicted octanol–water partition coefficient (Wildman–Crippen LogP) is 1.32. The van der Waals surface area contributed by atoms with Crippen LogP contribution in [0.3, 0.4) is 0 Å². The maximum atomic E-state index is 14.1. The minimum atomic E-state index is -3.56. The predicted molar refractivity (Wildman–Crippen MR) is 88.5 cm³/mol. The van der Waals surface area contributed by atoms with E-state index < -0.39 is 50.7 Å². The van der Waals surface area contributed by atoms with Gasteiger partial charge in [-0.15, -0.1) is 0 Å². The maximum absolute atomic E-state index is 14.1. The SMILES string of the molecule is CC(C)(C)OC(=O)NC1(C(=O)N2CC3CC2C(F)(F)C3)CCS(=O)(=O)C1. The molecule has 3 unspecified atom stereocenters. The van der Waals surface area contributed by atoms with Crippen molar-refractivity contribution in [1.82, 2.24) is 10.2 Å². The number of piperidine rings is 1. The Morgan fingerprint density at radius 3 is 2.38 bits per heavy atom. The number of amides is 2. The molecule has 148 valence electrons. The minimum Gasteiger partial charge on any atom is -0.444 e. The highest BCUT2D eigenvalue weighted by molar-refractivity contribution is 7.91. The van der Waals surface area contributed by atoms with Crippen molar-refractivity contribution in [2.24, 2.45) is 5.92 Å². The third-order valence-corrected chi connectivity index (χ3v) is 6.91. The van der Waals surface area contributed by atoms with Gasteiger partial charge in [0.1, 0.15) is 11.1 Å². The highest BCUT2D eigenvalue weighted by Gasteiger charge is 2.62. The molecule has 0 spiro atoms. The van der Waals surface area contributed by atoms with Crippen LogP contribution in [0.1, 0.15) is 40.0 Å². The van der Waals surface area contributed by atoms with Crippen LogP contribution in [0, 0.1) is 5.92 Å². The molecule has 2 bridgehead atoms. The number of likely N-dealkylation sites (tertiary alicyclic amines) is 1. The number of fused-ring (bicyclic) bond motifs is 2. The fourth-order valence-electron chi connectivity index (χ4n) is 4.16. The molecule has 3 fully saturated rings. The zero-order chi connectivity index (χ0) is 19.5. The number of alkyl carbamates (subject to hydrolysis) is 1. The van der Waals surface area contributed by atoms with E-state index in [0.29, 0.717) is 0 Å². The topological polar surface area (TPSA) is 92.8 Å². The number of nitrogens with one attached hydrogen (secondary N) is 1. The number of hydrogen-bond donors (Lipinski definition) is 1. The molecule has 0 radical (unpaired) electrons. The lowest BCUT2D eigenvalue weighted by molar-refractivity contribution is -0.150. The Kier molecular flexibility index (Phi) is 4.29. The highest BCUT2D eigenvalue weighted by Crippen LogP contribution is 2.48. The molecular weight excluding hydrogens is 370 g/mol. The Hall–Kier alpha value is -1.45. The van der Waals surface area contributed by atoms with E-state index in [1.54, 1.807) is 20.8 Å². The molecule has 26 heavy (non-hydrogen) atoms. The van der Waals surface area contributed by atoms with Crippen molar-refractivity contribution in [3.63, 3.8) is 0 Å². The number of nitrogens with zero attached hydrogens (tertiary/aromatic N) is 1. The van der Waals surface area contributed by atoms with E-state index in [-0.39, 0.29) is 37.5 Å². The molecule has 3 aliphatic rings. The van der Waals surface area contributed by atoms with Crippen molar-refractivity contribution in [3.05, 3.63) is 0 Å². The fourth-order valence-corrected chi connectivity index (χ4v) is 6.06. The summed E-state index contributed by atoms with van der Waals surface area (Å²) in [5.74, 6) is -4.92. The van der Waals surface area contributed by atoms with Crippen LogP contribution in [0.2, 0.25) is 0 Å². The quantitative estimate of drug-likeness (QED) is 0.763. The van der Waals surface area contributed by atoms with Gasteiger partial charge in [-0.05, 0) is 39.5 Å². The minimum absolute atomic E-state index is 0.146. The number of hydrogen-bond acceptors (Lipinski definition) is 5. The lowest BCUT2D eigenvalue weighted by Crippen LogP contribution is -2.64. The molecule has 10 heteroatoms. The monoisotopic (exact) mass is 394 g/mol. The molecule has 1 N–H and O–H groups in total. The first kappa shape index (κ1) is 19.3. The van der Waals surface area contributed by atoms with Crippen LogP contribution in [0.25, 0.3) is 0 Å². The Morgan fingerprint density at radius 1 is 1.27 bits per heavy atom. The first-order chi connectivity index (χ1) is 11.7. The van der Waals surface area contributed by atoms with Crippen LogP contribution in [0.5, 0.6) is 0 Å². The average molecular weight is 394 g/mol. The molecular formula is C16H24F2N2O5S. The largest absolute Gasteiger partial charge is 0.444 e. The summed E-state index contributed by atoms with van der Waals surface area (Å²) in [6.45, 7) is 5.06. The van der Waals surface area contributed by atoms with E-state index in [1.807, 2.05) is 0 Å². The van der Waals surface area contributed by atoms with Gasteiger partial charge in [0.2, 0.25) is 5.91 Å². The summed E-state index contributed by atoms with van der Waals surface area (Å²) in [7, 11) is -3.56. The van der Waals surface area contributed by atoms with Crippen LogP contribution in [0.4, 0.5) is 13.6 Å². The van der Waals surface area contributed by atoms with Gasteiger partial charge in [-0.3, -0.25) is 4.79 Å². The van der Waals surface area contributed by atoms with Gasteiger partial charge in [0, 0.05) is 13.0 Å². The molecule has 2 aliphatic heterocycles. The van der Waals surface area contributed by atoms with Crippen molar-refractivity contribution >= 4 is 21.8 Å². The van der Waals surface area contributed by atoms with Gasteiger partial charge in [0.25, 0.3) is 5.92 Å². The van der Waals surface area contributed by atoms with E-state index in [9.17, 15) is 26.8 Å². The number of sulfone groups is 1. The smallest absolute Gasteiger partial charge is 0.408 e. The zero-order valence-corrected chi connectivity index (χ0v) is 15.9. The molecule has 0 aromatic carbocycles. The third-order valence-electron chi connectivity index (χ3n) is 5.15. The number of alkyl halides is 2. The van der Waals surface area contributed by atoms with E-state index in [4.69, 9.17) is 4.74 Å². The van der Waals surface area contributed by atoms with Crippen LogP contribution >= 0.6 is 0 Å². The van der Waals surface area contributed by atoms with Gasteiger partial charge in [0.05, 0.1) is 17.5 Å². The van der Waals surface area contributed by atoms with Gasteiger partial charge in [-0.2, -0.15) is 0 Å². The zero-order valence-electron chi connectivity index (χ0n) is 15.0. The second-order valence-corrected chi connectivity index (χ2v) is 10.8. The van der Waals surface area contributed by atoms with Crippen molar-refractivity contribution in [3.8, 4) is 0 Å². The standard InChI is InChI=1S/C16H24F2N2O5S/c1-14(2,3)25-13(22)19-15(4-5-26(23,24)9-15)12(21)20-8-10-6-11(20)16(17,18)7-10/h10-11H,4-9H2,1-3H3,(H,19,22). The lowest BCUT2D eigenvalue weighted by atomic mass is 9.95. The molecule has 1 saturated carbocycles. The molecule has 1 aliphatic carbocycles. The second-order valence-electron chi connectivity index (χ2n) is 8.59. The molecule has 3 atom stereocenters. The Morgan fingerprint density at radius 2 is 1.92 bits per heavy atom. The van der Waals surface area contributed by atoms with Gasteiger partial charge < -0.3 is 15.0 Å². The van der Waals surface area contributed by atoms with Gasteiger partial charge >= 0.3 is 6.09 Å². The Labute approximate surface area is 151 Å². The summed E-state index contributed by atoms with van der Waals surface area (Å²) in [4.78, 5) is 26.3. The molecule has 0 aromatic heterocycles. The number of rotatable bonds is 2. The van der Waals surface area contributed by atoms with Crippen molar-refractivity contribution < 1.29 is 31.5 Å². The number of halogens is 2. The first-order valence-electron chi connectivity index (χ1n) is 8.64. The molecule has 0 aromatic rings. The summed E-state index contributed by atoms with van der Waals surface area (Å²) >= 11 is 0. The molecule has 3 rings (SSSR count). The van der Waals surface area contributed by atoms with Crippen molar-refractivity contribution in [1.29, 1.82) is 0 Å². The lowest BCUT2D eigenvalue weighted by Gasteiger charge is -2.39. The summed E-state index contributed by atoms with van der Waals surface area (Å²) in [6.07, 6.45) is -1.13.